The summed E-state index contributed by atoms with van der Waals surface area (Å²) in [6.07, 6.45) is 0.285. The molecule has 1 unspecified atom stereocenters. The molecule has 160 valence electrons. The summed E-state index contributed by atoms with van der Waals surface area (Å²) in [4.78, 5) is 42.0. The first-order valence-electron chi connectivity index (χ1n) is 10.3. The van der Waals surface area contributed by atoms with Crippen LogP contribution in [0.15, 0.2) is 42.5 Å². The van der Waals surface area contributed by atoms with Gasteiger partial charge in [-0.3, -0.25) is 14.4 Å². The number of fused-ring (bicyclic) bond motifs is 2. The lowest BCUT2D eigenvalue weighted by Crippen LogP contribution is -2.41. The van der Waals surface area contributed by atoms with Crippen LogP contribution in [0.3, 0.4) is 0 Å². The van der Waals surface area contributed by atoms with E-state index in [1.165, 1.54) is 0 Å². The van der Waals surface area contributed by atoms with Gasteiger partial charge in [-0.25, -0.2) is 4.98 Å². The Morgan fingerprint density at radius 3 is 2.74 bits per heavy atom. The Bertz CT molecular complexity index is 1180. The Labute approximate surface area is 180 Å². The fourth-order valence-electron chi connectivity index (χ4n) is 3.83. The molecule has 0 radical (unpaired) electrons. The van der Waals surface area contributed by atoms with Gasteiger partial charge >= 0.3 is 0 Å². The molecule has 0 fully saturated rings. The highest BCUT2D eigenvalue weighted by Gasteiger charge is 2.27. The molecule has 2 heterocycles. The Hall–Kier alpha value is -3.68. The molecule has 3 aromatic rings. The van der Waals surface area contributed by atoms with Crippen molar-refractivity contribution in [3.8, 4) is 0 Å². The van der Waals surface area contributed by atoms with Gasteiger partial charge in [-0.2, -0.15) is 0 Å². The van der Waals surface area contributed by atoms with Crippen LogP contribution in [0.1, 0.15) is 48.8 Å². The minimum Gasteiger partial charge on any atom is -0.340 e. The molecule has 8 nitrogen and oxygen atoms in total. The highest BCUT2D eigenvalue weighted by Crippen LogP contribution is 2.24. The zero-order chi connectivity index (χ0) is 22.1. The van der Waals surface area contributed by atoms with E-state index in [1.54, 1.807) is 24.3 Å². The van der Waals surface area contributed by atoms with Crippen LogP contribution in [-0.4, -0.2) is 33.3 Å². The first kappa shape index (κ1) is 20.6. The van der Waals surface area contributed by atoms with Crippen molar-refractivity contribution in [3.63, 3.8) is 0 Å². The summed E-state index contributed by atoms with van der Waals surface area (Å²) < 4.78 is 2.05. The lowest BCUT2D eigenvalue weighted by molar-refractivity contribution is -0.118. The fourth-order valence-corrected chi connectivity index (χ4v) is 3.83. The standard InChI is InChI=1S/C23H25N5O3/c1-13(2)21-25-18-12-14(8-10-19(18)28(21)3)24-20(29)11-9-17-23(31)26-16-7-5-4-6-15(16)22(30)27-17/h4-8,10,12-13,17H,9,11H2,1-3H3,(H,24,29)(H,26,31)(H,27,30). The molecule has 8 heteroatoms. The molecule has 3 N–H and O–H groups in total. The number of amides is 3. The van der Waals surface area contributed by atoms with Crippen molar-refractivity contribution in [1.82, 2.24) is 14.9 Å². The number of aryl methyl sites for hydroxylation is 1. The van der Waals surface area contributed by atoms with Crippen LogP contribution in [0, 0.1) is 0 Å². The first-order valence-corrected chi connectivity index (χ1v) is 10.3. The minimum atomic E-state index is -0.780. The van der Waals surface area contributed by atoms with Crippen LogP contribution < -0.4 is 16.0 Å². The monoisotopic (exact) mass is 419 g/mol. The molecule has 0 aliphatic carbocycles. The van der Waals surface area contributed by atoms with E-state index in [0.717, 1.165) is 16.9 Å². The second-order valence-corrected chi connectivity index (χ2v) is 8.03. The molecule has 31 heavy (non-hydrogen) atoms. The Morgan fingerprint density at radius 2 is 1.97 bits per heavy atom. The second-order valence-electron chi connectivity index (χ2n) is 8.03. The maximum Gasteiger partial charge on any atom is 0.254 e. The number of carbonyl (C=O) groups is 3. The number of para-hydroxylation sites is 1. The van der Waals surface area contributed by atoms with Crippen molar-refractivity contribution in [2.75, 3.05) is 10.6 Å². The number of nitrogens with one attached hydrogen (secondary N) is 3. The van der Waals surface area contributed by atoms with Gasteiger partial charge in [-0.15, -0.1) is 0 Å². The van der Waals surface area contributed by atoms with Gasteiger partial charge in [0, 0.05) is 25.1 Å². The summed E-state index contributed by atoms with van der Waals surface area (Å²) in [7, 11) is 1.98. The normalized spacial score (nSPS) is 15.9. The van der Waals surface area contributed by atoms with E-state index < -0.39 is 6.04 Å². The number of nitrogens with zero attached hydrogens (tertiary/aromatic N) is 2. The summed E-state index contributed by atoms with van der Waals surface area (Å²) in [5.41, 5.74) is 3.34. The van der Waals surface area contributed by atoms with Gasteiger partial charge in [0.2, 0.25) is 11.8 Å². The summed E-state index contributed by atoms with van der Waals surface area (Å²) in [6.45, 7) is 4.18. The minimum absolute atomic E-state index is 0.0895. The Kier molecular flexibility index (Phi) is 5.46. The van der Waals surface area contributed by atoms with Crippen molar-refractivity contribution >= 4 is 40.1 Å². The van der Waals surface area contributed by atoms with Crippen molar-refractivity contribution in [3.05, 3.63) is 53.9 Å². The molecule has 0 saturated heterocycles. The van der Waals surface area contributed by atoms with Crippen LogP contribution in [0.4, 0.5) is 11.4 Å². The van der Waals surface area contributed by atoms with Crippen molar-refractivity contribution < 1.29 is 14.4 Å². The van der Waals surface area contributed by atoms with Crippen LogP contribution in [0.5, 0.6) is 0 Å². The number of anilines is 2. The smallest absolute Gasteiger partial charge is 0.254 e. The lowest BCUT2D eigenvalue weighted by Gasteiger charge is -2.14. The van der Waals surface area contributed by atoms with E-state index in [9.17, 15) is 14.4 Å². The number of aromatic nitrogens is 2. The quantitative estimate of drug-likeness (QED) is 0.591. The zero-order valence-corrected chi connectivity index (χ0v) is 17.7. The number of benzene rings is 2. The van der Waals surface area contributed by atoms with E-state index in [2.05, 4.69) is 39.3 Å². The number of carbonyl (C=O) groups excluding carboxylic acids is 3. The third-order valence-corrected chi connectivity index (χ3v) is 5.43. The van der Waals surface area contributed by atoms with Gasteiger partial charge in [0.15, 0.2) is 0 Å². The third kappa shape index (κ3) is 4.14. The van der Waals surface area contributed by atoms with Gasteiger partial charge in [-0.1, -0.05) is 26.0 Å². The fraction of sp³-hybridized carbons (Fsp3) is 0.304. The summed E-state index contributed by atoms with van der Waals surface area (Å²) in [5.74, 6) is 0.378. The van der Waals surface area contributed by atoms with Gasteiger partial charge in [-0.05, 0) is 36.8 Å². The molecule has 1 atom stereocenters. The lowest BCUT2D eigenvalue weighted by atomic mass is 10.1. The Balaban J connectivity index is 1.40. The van der Waals surface area contributed by atoms with Crippen LogP contribution in [0.25, 0.3) is 11.0 Å². The van der Waals surface area contributed by atoms with Gasteiger partial charge in [0.1, 0.15) is 11.9 Å². The number of imidazole rings is 1. The zero-order valence-electron chi connectivity index (χ0n) is 17.7. The molecular weight excluding hydrogens is 394 g/mol. The predicted octanol–water partition coefficient (Wildman–Crippen LogP) is 3.17. The third-order valence-electron chi connectivity index (χ3n) is 5.43. The molecule has 1 aliphatic heterocycles. The molecule has 0 spiro atoms. The molecule has 2 aromatic carbocycles. The topological polar surface area (TPSA) is 105 Å². The van der Waals surface area contributed by atoms with E-state index in [0.29, 0.717) is 22.9 Å². The second kappa shape index (κ2) is 8.22. The van der Waals surface area contributed by atoms with Crippen LogP contribution in [0.2, 0.25) is 0 Å². The maximum atomic E-state index is 12.5. The average Bonchev–Trinajstić information content (AvgIpc) is 3.01. The molecule has 0 saturated carbocycles. The van der Waals surface area contributed by atoms with Crippen molar-refractivity contribution in [2.24, 2.45) is 7.05 Å². The predicted molar refractivity (Wildman–Crippen MR) is 119 cm³/mol. The maximum absolute atomic E-state index is 12.5. The first-order chi connectivity index (χ1) is 14.8. The van der Waals surface area contributed by atoms with Crippen LogP contribution in [-0.2, 0) is 16.6 Å². The van der Waals surface area contributed by atoms with Gasteiger partial charge < -0.3 is 20.5 Å². The summed E-state index contributed by atoms with van der Waals surface area (Å²) in [6, 6.07) is 11.7. The molecule has 1 aromatic heterocycles. The SMILES string of the molecule is CC(C)c1nc2cc(NC(=O)CCC3NC(=O)c4ccccc4NC3=O)ccc2n1C. The molecule has 3 amide bonds. The number of hydrogen-bond donors (Lipinski definition) is 3. The van der Waals surface area contributed by atoms with Gasteiger partial charge in [0.05, 0.1) is 22.3 Å². The van der Waals surface area contributed by atoms with E-state index in [4.69, 9.17) is 0 Å². The highest BCUT2D eigenvalue weighted by atomic mass is 16.2. The number of rotatable bonds is 5. The molecule has 1 aliphatic rings. The largest absolute Gasteiger partial charge is 0.340 e. The average molecular weight is 419 g/mol. The van der Waals surface area contributed by atoms with Crippen LogP contribution >= 0.6 is 0 Å². The molecule has 4 rings (SSSR count). The van der Waals surface area contributed by atoms with Crippen molar-refractivity contribution in [1.29, 1.82) is 0 Å². The Morgan fingerprint density at radius 1 is 1.19 bits per heavy atom. The van der Waals surface area contributed by atoms with E-state index in [-0.39, 0.29) is 30.6 Å². The molecule has 0 bridgehead atoms. The van der Waals surface area contributed by atoms with E-state index >= 15 is 0 Å². The highest BCUT2D eigenvalue weighted by molar-refractivity contribution is 6.10. The van der Waals surface area contributed by atoms with Gasteiger partial charge in [0.25, 0.3) is 5.91 Å². The number of hydrogen-bond acceptors (Lipinski definition) is 4. The molecular formula is C23H25N5O3. The summed E-state index contributed by atoms with van der Waals surface area (Å²) >= 11 is 0. The van der Waals surface area contributed by atoms with E-state index in [1.807, 2.05) is 25.2 Å². The van der Waals surface area contributed by atoms with Crippen molar-refractivity contribution in [2.45, 2.75) is 38.6 Å². The summed E-state index contributed by atoms with van der Waals surface area (Å²) in [5, 5.41) is 8.31.